The Morgan fingerprint density at radius 1 is 1.15 bits per heavy atom. The summed E-state index contributed by atoms with van der Waals surface area (Å²) in [5, 5.41) is 7.13. The minimum absolute atomic E-state index is 0.502. The van der Waals surface area contributed by atoms with E-state index in [0.29, 0.717) is 24.2 Å². The lowest BCUT2D eigenvalue weighted by Gasteiger charge is -2.21. The predicted molar refractivity (Wildman–Crippen MR) is 75.6 cm³/mol. The molecule has 0 spiro atoms. The van der Waals surface area contributed by atoms with Crippen LogP contribution >= 0.6 is 0 Å². The van der Waals surface area contributed by atoms with Crippen molar-refractivity contribution in [3.8, 4) is 0 Å². The summed E-state index contributed by atoms with van der Waals surface area (Å²) >= 11 is 0. The van der Waals surface area contributed by atoms with E-state index in [1.165, 1.54) is 32.1 Å². The molecule has 3 aliphatic rings. The van der Waals surface area contributed by atoms with E-state index >= 15 is 0 Å². The molecule has 2 saturated heterocycles. The van der Waals surface area contributed by atoms with Crippen molar-refractivity contribution in [2.24, 2.45) is 0 Å². The fourth-order valence-electron chi connectivity index (χ4n) is 3.72. The number of anilines is 1. The minimum atomic E-state index is 0.502. The molecule has 2 aliphatic heterocycles. The molecule has 104 valence electrons. The predicted octanol–water partition coefficient (Wildman–Crippen LogP) is 1.47. The average Bonchev–Trinajstić information content (AvgIpc) is 2.92. The van der Waals surface area contributed by atoms with Crippen LogP contribution in [0.5, 0.6) is 0 Å². The van der Waals surface area contributed by atoms with Gasteiger partial charge in [-0.05, 0) is 32.1 Å². The Balaban J connectivity index is 1.56. The number of fused-ring (bicyclic) bond motifs is 3. The highest BCUT2D eigenvalue weighted by Crippen LogP contribution is 2.38. The Morgan fingerprint density at radius 3 is 2.85 bits per heavy atom. The SMILES string of the molecule is c1nc(NC2CC2)c2ncn([C@H]3C[C@@H]4CC[C@H]3N4)c2n1. The van der Waals surface area contributed by atoms with Crippen LogP contribution in [0.15, 0.2) is 12.7 Å². The monoisotopic (exact) mass is 270 g/mol. The second-order valence-electron chi connectivity index (χ2n) is 6.32. The molecular weight excluding hydrogens is 252 g/mol. The van der Waals surface area contributed by atoms with E-state index in [4.69, 9.17) is 0 Å². The van der Waals surface area contributed by atoms with Gasteiger partial charge in [-0.1, -0.05) is 0 Å². The van der Waals surface area contributed by atoms with Gasteiger partial charge in [-0.3, -0.25) is 0 Å². The molecule has 0 aromatic carbocycles. The molecule has 0 radical (unpaired) electrons. The first-order valence-electron chi connectivity index (χ1n) is 7.58. The van der Waals surface area contributed by atoms with E-state index in [9.17, 15) is 0 Å². The first-order valence-corrected chi connectivity index (χ1v) is 7.58. The van der Waals surface area contributed by atoms with Gasteiger partial charge < -0.3 is 15.2 Å². The number of aromatic nitrogens is 4. The van der Waals surface area contributed by atoms with Crippen molar-refractivity contribution in [1.82, 2.24) is 24.8 Å². The highest BCUT2D eigenvalue weighted by molar-refractivity contribution is 5.83. The first kappa shape index (κ1) is 11.0. The lowest BCUT2D eigenvalue weighted by Crippen LogP contribution is -2.25. The zero-order valence-electron chi connectivity index (χ0n) is 11.3. The van der Waals surface area contributed by atoms with Gasteiger partial charge in [0.15, 0.2) is 11.5 Å². The van der Waals surface area contributed by atoms with E-state index in [0.717, 1.165) is 17.0 Å². The van der Waals surface area contributed by atoms with Crippen LogP contribution in [0.2, 0.25) is 0 Å². The Morgan fingerprint density at radius 2 is 2.10 bits per heavy atom. The van der Waals surface area contributed by atoms with Gasteiger partial charge in [0.2, 0.25) is 0 Å². The molecule has 1 saturated carbocycles. The first-order chi connectivity index (χ1) is 9.88. The van der Waals surface area contributed by atoms with Gasteiger partial charge >= 0.3 is 0 Å². The third-order valence-corrected chi connectivity index (χ3v) is 4.90. The van der Waals surface area contributed by atoms with Crippen molar-refractivity contribution in [2.75, 3.05) is 5.32 Å². The Kier molecular flexibility index (Phi) is 2.16. The van der Waals surface area contributed by atoms with Gasteiger partial charge in [0.1, 0.15) is 11.8 Å². The van der Waals surface area contributed by atoms with Gasteiger partial charge in [-0.2, -0.15) is 0 Å². The summed E-state index contributed by atoms with van der Waals surface area (Å²) in [4.78, 5) is 13.4. The molecule has 0 amide bonds. The van der Waals surface area contributed by atoms with Crippen molar-refractivity contribution in [2.45, 2.75) is 56.3 Å². The Bertz CT molecular complexity index is 661. The van der Waals surface area contributed by atoms with Gasteiger partial charge in [0.25, 0.3) is 0 Å². The maximum Gasteiger partial charge on any atom is 0.165 e. The van der Waals surface area contributed by atoms with Crippen molar-refractivity contribution in [3.63, 3.8) is 0 Å². The van der Waals surface area contributed by atoms with Crippen LogP contribution in [0.25, 0.3) is 11.2 Å². The van der Waals surface area contributed by atoms with E-state index in [2.05, 4.69) is 30.2 Å². The molecule has 4 heterocycles. The lowest BCUT2D eigenvalue weighted by molar-refractivity contribution is 0.403. The maximum atomic E-state index is 4.58. The van der Waals surface area contributed by atoms with Crippen molar-refractivity contribution < 1.29 is 0 Å². The number of imidazole rings is 1. The summed E-state index contributed by atoms with van der Waals surface area (Å²) < 4.78 is 2.26. The largest absolute Gasteiger partial charge is 0.365 e. The smallest absolute Gasteiger partial charge is 0.165 e. The molecule has 5 rings (SSSR count). The second kappa shape index (κ2) is 3.91. The third-order valence-electron chi connectivity index (χ3n) is 4.90. The lowest BCUT2D eigenvalue weighted by atomic mass is 9.95. The fourth-order valence-corrected chi connectivity index (χ4v) is 3.72. The second-order valence-corrected chi connectivity index (χ2v) is 6.32. The summed E-state index contributed by atoms with van der Waals surface area (Å²) in [6.07, 6.45) is 9.87. The highest BCUT2D eigenvalue weighted by Gasteiger charge is 2.40. The quantitative estimate of drug-likeness (QED) is 0.884. The standard InChI is InChI=1S/C14H18N6/c1-2-8(1)19-13-12-14(16-6-15-13)20(7-17-12)11-5-9-3-4-10(11)18-9/h6-11,18H,1-5H2,(H,15,16,19)/t9-,10+,11-/m0/s1. The summed E-state index contributed by atoms with van der Waals surface area (Å²) in [5.74, 6) is 0.896. The van der Waals surface area contributed by atoms with Crippen LogP contribution in [-0.2, 0) is 0 Å². The topological polar surface area (TPSA) is 67.7 Å². The molecule has 3 fully saturated rings. The molecule has 20 heavy (non-hydrogen) atoms. The molecule has 2 bridgehead atoms. The fraction of sp³-hybridized carbons (Fsp3) is 0.643. The zero-order chi connectivity index (χ0) is 13.1. The van der Waals surface area contributed by atoms with Crippen LogP contribution in [-0.4, -0.2) is 37.6 Å². The van der Waals surface area contributed by atoms with E-state index in [-0.39, 0.29) is 0 Å². The molecule has 2 aromatic rings. The number of hydrogen-bond acceptors (Lipinski definition) is 5. The normalized spacial score (nSPS) is 32.1. The van der Waals surface area contributed by atoms with Crippen LogP contribution in [0, 0.1) is 0 Å². The van der Waals surface area contributed by atoms with Crippen molar-refractivity contribution in [1.29, 1.82) is 0 Å². The third kappa shape index (κ3) is 1.57. The molecule has 6 heteroatoms. The highest BCUT2D eigenvalue weighted by atomic mass is 15.2. The van der Waals surface area contributed by atoms with Crippen LogP contribution < -0.4 is 10.6 Å². The maximum absolute atomic E-state index is 4.58. The van der Waals surface area contributed by atoms with E-state index in [1.54, 1.807) is 6.33 Å². The number of nitrogens with zero attached hydrogens (tertiary/aromatic N) is 4. The molecule has 2 N–H and O–H groups in total. The van der Waals surface area contributed by atoms with Gasteiger partial charge in [-0.25, -0.2) is 15.0 Å². The van der Waals surface area contributed by atoms with Crippen molar-refractivity contribution >= 4 is 17.0 Å². The summed E-state index contributed by atoms with van der Waals surface area (Å²) in [7, 11) is 0. The van der Waals surface area contributed by atoms with Gasteiger partial charge in [-0.15, -0.1) is 0 Å². The van der Waals surface area contributed by atoms with Crippen LogP contribution in [0.1, 0.15) is 38.1 Å². The average molecular weight is 270 g/mol. The van der Waals surface area contributed by atoms with Crippen LogP contribution in [0.3, 0.4) is 0 Å². The summed E-state index contributed by atoms with van der Waals surface area (Å²) in [6.45, 7) is 0. The number of nitrogens with one attached hydrogen (secondary N) is 2. The van der Waals surface area contributed by atoms with Gasteiger partial charge in [0, 0.05) is 18.1 Å². The molecular formula is C14H18N6. The number of rotatable bonds is 3. The van der Waals surface area contributed by atoms with E-state index < -0.39 is 0 Å². The molecule has 3 atom stereocenters. The molecule has 0 unspecified atom stereocenters. The minimum Gasteiger partial charge on any atom is -0.365 e. The summed E-state index contributed by atoms with van der Waals surface area (Å²) in [5.41, 5.74) is 1.89. The molecule has 6 nitrogen and oxygen atoms in total. The summed E-state index contributed by atoms with van der Waals surface area (Å²) in [6, 6.07) is 2.37. The Labute approximate surface area is 117 Å². The Hall–Kier alpha value is -1.69. The van der Waals surface area contributed by atoms with E-state index in [1.807, 2.05) is 6.33 Å². The van der Waals surface area contributed by atoms with Crippen LogP contribution in [0.4, 0.5) is 5.82 Å². The van der Waals surface area contributed by atoms with Crippen molar-refractivity contribution in [3.05, 3.63) is 12.7 Å². The molecule has 2 aromatic heterocycles. The van der Waals surface area contributed by atoms with Gasteiger partial charge in [0.05, 0.1) is 12.4 Å². The zero-order valence-corrected chi connectivity index (χ0v) is 11.3. The number of hydrogen-bond donors (Lipinski definition) is 2. The molecule has 1 aliphatic carbocycles.